The SMILES string of the molecule is CC1=C(C(=O)OC(C)C)[C@H](c2cccc(N)c2)N2CCCSC2=N1. The van der Waals surface area contributed by atoms with Crippen molar-refractivity contribution in [2.75, 3.05) is 18.0 Å². The minimum absolute atomic E-state index is 0.166. The van der Waals surface area contributed by atoms with Crippen molar-refractivity contribution >= 4 is 28.6 Å². The lowest BCUT2D eigenvalue weighted by atomic mass is 9.94. The number of rotatable bonds is 3. The molecule has 1 fully saturated rings. The molecular formula is C18H23N3O2S. The molecule has 0 amide bonds. The van der Waals surface area contributed by atoms with Gasteiger partial charge in [-0.15, -0.1) is 0 Å². The summed E-state index contributed by atoms with van der Waals surface area (Å²) < 4.78 is 5.49. The summed E-state index contributed by atoms with van der Waals surface area (Å²) in [6.07, 6.45) is 0.897. The number of allylic oxidation sites excluding steroid dienone is 1. The van der Waals surface area contributed by atoms with E-state index in [1.54, 1.807) is 11.8 Å². The van der Waals surface area contributed by atoms with E-state index in [4.69, 9.17) is 10.5 Å². The van der Waals surface area contributed by atoms with Crippen LogP contribution in [0.25, 0.3) is 0 Å². The van der Waals surface area contributed by atoms with Gasteiger partial charge < -0.3 is 15.4 Å². The molecule has 3 rings (SSSR count). The third kappa shape index (κ3) is 3.29. The van der Waals surface area contributed by atoms with Gasteiger partial charge in [-0.25, -0.2) is 9.79 Å². The molecule has 5 nitrogen and oxygen atoms in total. The van der Waals surface area contributed by atoms with E-state index in [9.17, 15) is 4.79 Å². The second kappa shape index (κ2) is 6.89. The molecule has 0 radical (unpaired) electrons. The zero-order valence-corrected chi connectivity index (χ0v) is 15.1. The maximum atomic E-state index is 12.7. The van der Waals surface area contributed by atoms with Gasteiger partial charge in [0.2, 0.25) is 0 Å². The summed E-state index contributed by atoms with van der Waals surface area (Å²) in [6, 6.07) is 7.53. The first-order valence-corrected chi connectivity index (χ1v) is 9.21. The molecule has 0 saturated carbocycles. The molecular weight excluding hydrogens is 322 g/mol. The number of nitrogens with two attached hydrogens (primary N) is 1. The molecule has 0 unspecified atom stereocenters. The van der Waals surface area contributed by atoms with Crippen molar-refractivity contribution < 1.29 is 9.53 Å². The highest BCUT2D eigenvalue weighted by Gasteiger charge is 2.38. The number of benzene rings is 1. The summed E-state index contributed by atoms with van der Waals surface area (Å²) in [5.41, 5.74) is 9.02. The summed E-state index contributed by atoms with van der Waals surface area (Å²) in [5, 5.41) is 0.979. The second-order valence-electron chi connectivity index (χ2n) is 6.32. The molecule has 1 aromatic carbocycles. The third-order valence-corrected chi connectivity index (χ3v) is 5.12. The van der Waals surface area contributed by atoms with Crippen LogP contribution in [0.2, 0.25) is 0 Å². The van der Waals surface area contributed by atoms with Crippen LogP contribution < -0.4 is 5.73 Å². The van der Waals surface area contributed by atoms with E-state index in [2.05, 4.69) is 9.89 Å². The quantitative estimate of drug-likeness (QED) is 0.672. The van der Waals surface area contributed by atoms with Gasteiger partial charge in [0, 0.05) is 18.0 Å². The van der Waals surface area contributed by atoms with E-state index in [-0.39, 0.29) is 18.1 Å². The largest absolute Gasteiger partial charge is 0.459 e. The van der Waals surface area contributed by atoms with Gasteiger partial charge in [0.05, 0.1) is 23.4 Å². The minimum atomic E-state index is -0.298. The molecule has 2 N–H and O–H groups in total. The van der Waals surface area contributed by atoms with E-state index >= 15 is 0 Å². The lowest BCUT2D eigenvalue weighted by molar-refractivity contribution is -0.143. The fraction of sp³-hybridized carbons (Fsp3) is 0.444. The van der Waals surface area contributed by atoms with Crippen molar-refractivity contribution in [1.29, 1.82) is 0 Å². The van der Waals surface area contributed by atoms with Crippen LogP contribution >= 0.6 is 11.8 Å². The predicted molar refractivity (Wildman–Crippen MR) is 98.7 cm³/mol. The average molecular weight is 345 g/mol. The first-order valence-electron chi connectivity index (χ1n) is 8.22. The third-order valence-electron chi connectivity index (χ3n) is 4.05. The van der Waals surface area contributed by atoms with Crippen molar-refractivity contribution in [2.24, 2.45) is 4.99 Å². The zero-order chi connectivity index (χ0) is 17.3. The van der Waals surface area contributed by atoms with Crippen LogP contribution in [0.4, 0.5) is 5.69 Å². The zero-order valence-electron chi connectivity index (χ0n) is 14.3. The first-order chi connectivity index (χ1) is 11.5. The molecule has 2 heterocycles. The number of aliphatic imine (C=N–C) groups is 1. The number of thioether (sulfide) groups is 1. The molecule has 1 aromatic rings. The van der Waals surface area contributed by atoms with Crippen molar-refractivity contribution in [1.82, 2.24) is 4.90 Å². The summed E-state index contributed by atoms with van der Waals surface area (Å²) in [4.78, 5) is 19.6. The van der Waals surface area contributed by atoms with Crippen LogP contribution in [0.15, 0.2) is 40.5 Å². The highest BCUT2D eigenvalue weighted by molar-refractivity contribution is 8.13. The molecule has 0 aromatic heterocycles. The summed E-state index contributed by atoms with van der Waals surface area (Å²) in [5.74, 6) is 0.756. The number of nitrogen functional groups attached to an aromatic ring is 1. The number of carbonyl (C=O) groups is 1. The van der Waals surface area contributed by atoms with Gasteiger partial charge in [-0.1, -0.05) is 23.9 Å². The van der Waals surface area contributed by atoms with Crippen molar-refractivity contribution in [3.63, 3.8) is 0 Å². The Labute approximate surface area is 147 Å². The van der Waals surface area contributed by atoms with E-state index in [0.717, 1.165) is 35.1 Å². The molecule has 128 valence electrons. The Morgan fingerprint density at radius 1 is 1.46 bits per heavy atom. The van der Waals surface area contributed by atoms with Crippen LogP contribution in [-0.2, 0) is 9.53 Å². The number of carbonyl (C=O) groups excluding carboxylic acids is 1. The first kappa shape index (κ1) is 16.9. The highest BCUT2D eigenvalue weighted by atomic mass is 32.2. The smallest absolute Gasteiger partial charge is 0.338 e. The number of nitrogens with zero attached hydrogens (tertiary/aromatic N) is 2. The molecule has 0 bridgehead atoms. The van der Waals surface area contributed by atoms with Gasteiger partial charge in [0.1, 0.15) is 0 Å². The Balaban J connectivity index is 2.09. The molecule has 2 aliphatic rings. The number of hydrogen-bond donors (Lipinski definition) is 1. The van der Waals surface area contributed by atoms with Crippen LogP contribution in [0.5, 0.6) is 0 Å². The molecule has 24 heavy (non-hydrogen) atoms. The van der Waals surface area contributed by atoms with E-state index in [0.29, 0.717) is 11.3 Å². The predicted octanol–water partition coefficient (Wildman–Crippen LogP) is 3.34. The van der Waals surface area contributed by atoms with Gasteiger partial charge in [0.25, 0.3) is 0 Å². The Hall–Kier alpha value is -1.95. The van der Waals surface area contributed by atoms with Crippen LogP contribution in [0.1, 0.15) is 38.8 Å². The Kier molecular flexibility index (Phi) is 4.85. The lowest BCUT2D eigenvalue weighted by Gasteiger charge is -2.40. The number of esters is 1. The molecule has 6 heteroatoms. The minimum Gasteiger partial charge on any atom is -0.459 e. The van der Waals surface area contributed by atoms with E-state index < -0.39 is 0 Å². The van der Waals surface area contributed by atoms with E-state index in [1.165, 1.54) is 0 Å². The van der Waals surface area contributed by atoms with Gasteiger partial charge in [-0.3, -0.25) is 0 Å². The lowest BCUT2D eigenvalue weighted by Crippen LogP contribution is -2.42. The molecule has 2 aliphatic heterocycles. The Morgan fingerprint density at radius 2 is 2.25 bits per heavy atom. The molecule has 1 saturated heterocycles. The van der Waals surface area contributed by atoms with E-state index in [1.807, 2.05) is 45.0 Å². The average Bonchev–Trinajstić information content (AvgIpc) is 2.52. The number of anilines is 1. The van der Waals surface area contributed by atoms with Crippen molar-refractivity contribution in [3.8, 4) is 0 Å². The fourth-order valence-electron chi connectivity index (χ4n) is 3.08. The van der Waals surface area contributed by atoms with Gasteiger partial charge in [0.15, 0.2) is 5.17 Å². The van der Waals surface area contributed by atoms with Crippen LogP contribution in [0.3, 0.4) is 0 Å². The molecule has 0 aliphatic carbocycles. The fourth-order valence-corrected chi connectivity index (χ4v) is 4.10. The number of fused-ring (bicyclic) bond motifs is 1. The van der Waals surface area contributed by atoms with Gasteiger partial charge in [-0.2, -0.15) is 0 Å². The van der Waals surface area contributed by atoms with Crippen molar-refractivity contribution in [3.05, 3.63) is 41.1 Å². The maximum Gasteiger partial charge on any atom is 0.338 e. The second-order valence-corrected chi connectivity index (χ2v) is 7.38. The Morgan fingerprint density at radius 3 is 2.96 bits per heavy atom. The number of ether oxygens (including phenoxy) is 1. The standard InChI is InChI=1S/C18H23N3O2S/c1-11(2)23-17(22)15-12(3)20-18-21(8-5-9-24-18)16(15)13-6-4-7-14(19)10-13/h4,6-7,10-11,16H,5,8-9,19H2,1-3H3/t16-/m0/s1. The van der Waals surface area contributed by atoms with Gasteiger partial charge >= 0.3 is 5.97 Å². The number of hydrogen-bond acceptors (Lipinski definition) is 6. The Bertz CT molecular complexity index is 712. The van der Waals surface area contributed by atoms with Gasteiger partial charge in [-0.05, 0) is 44.9 Å². The molecule has 1 atom stereocenters. The number of amidine groups is 1. The molecule has 0 spiro atoms. The maximum absolute atomic E-state index is 12.7. The topological polar surface area (TPSA) is 67.9 Å². The summed E-state index contributed by atoms with van der Waals surface area (Å²) in [7, 11) is 0. The van der Waals surface area contributed by atoms with Crippen LogP contribution in [-0.4, -0.2) is 34.4 Å². The van der Waals surface area contributed by atoms with Crippen molar-refractivity contribution in [2.45, 2.75) is 39.3 Å². The highest BCUT2D eigenvalue weighted by Crippen LogP contribution is 2.40. The van der Waals surface area contributed by atoms with Crippen LogP contribution in [0, 0.1) is 0 Å². The normalized spacial score (nSPS) is 20.8. The monoisotopic (exact) mass is 345 g/mol. The summed E-state index contributed by atoms with van der Waals surface area (Å²) in [6.45, 7) is 6.47. The summed E-state index contributed by atoms with van der Waals surface area (Å²) >= 11 is 1.74.